The Labute approximate surface area is 52.6 Å². The van der Waals surface area contributed by atoms with Gasteiger partial charge in [-0.15, -0.1) is 0 Å². The predicted molar refractivity (Wildman–Crippen MR) is 29.8 cm³/mol. The molecule has 0 aliphatic carbocycles. The van der Waals surface area contributed by atoms with Crippen molar-refractivity contribution in [1.29, 1.82) is 0 Å². The fourth-order valence-corrected chi connectivity index (χ4v) is 0.808. The van der Waals surface area contributed by atoms with Crippen molar-refractivity contribution in [2.45, 2.75) is 13.3 Å². The lowest BCUT2D eigenvalue weighted by Crippen LogP contribution is -2.36. The standard InChI is InChI=1S/C5H8N2O2/c1-3-2-4(8)7(6)5(3)9/h3H,2,6H2,1H3. The molecule has 0 aromatic rings. The van der Waals surface area contributed by atoms with Crippen LogP contribution in [-0.2, 0) is 9.59 Å². The molecule has 4 nitrogen and oxygen atoms in total. The van der Waals surface area contributed by atoms with Crippen LogP contribution in [0.2, 0.25) is 0 Å². The normalized spacial score (nSPS) is 27.8. The fourth-order valence-electron chi connectivity index (χ4n) is 0.808. The van der Waals surface area contributed by atoms with Gasteiger partial charge in [-0.25, -0.2) is 10.9 Å². The molecule has 0 aromatic heterocycles. The van der Waals surface area contributed by atoms with Crippen molar-refractivity contribution in [3.05, 3.63) is 0 Å². The van der Waals surface area contributed by atoms with E-state index < -0.39 is 0 Å². The molecule has 1 aliphatic heterocycles. The van der Waals surface area contributed by atoms with Crippen LogP contribution in [0.5, 0.6) is 0 Å². The highest BCUT2D eigenvalue weighted by molar-refractivity contribution is 6.02. The van der Waals surface area contributed by atoms with Crippen molar-refractivity contribution in [1.82, 2.24) is 5.01 Å². The first-order valence-corrected chi connectivity index (χ1v) is 2.74. The molecule has 4 heteroatoms. The SMILES string of the molecule is CC1CC(=O)N(N)C1=O. The molecule has 9 heavy (non-hydrogen) atoms. The molecule has 0 aromatic carbocycles. The van der Waals surface area contributed by atoms with Crippen LogP contribution in [-0.4, -0.2) is 16.8 Å². The predicted octanol–water partition coefficient (Wildman–Crippen LogP) is -0.745. The number of amides is 2. The molecule has 1 rings (SSSR count). The summed E-state index contributed by atoms with van der Waals surface area (Å²) in [5.41, 5.74) is 0. The summed E-state index contributed by atoms with van der Waals surface area (Å²) in [5.74, 6) is 4.26. The number of hydrazine groups is 1. The van der Waals surface area contributed by atoms with Crippen LogP contribution < -0.4 is 5.84 Å². The summed E-state index contributed by atoms with van der Waals surface area (Å²) in [4.78, 5) is 21.3. The Morgan fingerprint density at radius 3 is 2.33 bits per heavy atom. The van der Waals surface area contributed by atoms with Crippen LogP contribution >= 0.6 is 0 Å². The van der Waals surface area contributed by atoms with E-state index in [4.69, 9.17) is 5.84 Å². The highest BCUT2D eigenvalue weighted by Crippen LogP contribution is 2.14. The van der Waals surface area contributed by atoms with Gasteiger partial charge in [-0.1, -0.05) is 6.92 Å². The lowest BCUT2D eigenvalue weighted by molar-refractivity contribution is -0.139. The van der Waals surface area contributed by atoms with Crippen molar-refractivity contribution < 1.29 is 9.59 Å². The highest BCUT2D eigenvalue weighted by Gasteiger charge is 2.33. The van der Waals surface area contributed by atoms with Crippen LogP contribution in [0.4, 0.5) is 0 Å². The van der Waals surface area contributed by atoms with Gasteiger partial charge in [0.25, 0.3) is 0 Å². The van der Waals surface area contributed by atoms with E-state index in [1.807, 2.05) is 0 Å². The molecule has 1 aliphatic rings. The van der Waals surface area contributed by atoms with E-state index in [0.29, 0.717) is 5.01 Å². The molecule has 1 heterocycles. The molecule has 0 spiro atoms. The number of carbonyl (C=O) groups excluding carboxylic acids is 2. The van der Waals surface area contributed by atoms with Gasteiger partial charge < -0.3 is 0 Å². The van der Waals surface area contributed by atoms with Crippen molar-refractivity contribution in [2.75, 3.05) is 0 Å². The third kappa shape index (κ3) is 0.810. The number of rotatable bonds is 0. The smallest absolute Gasteiger partial charge is 0.246 e. The van der Waals surface area contributed by atoms with Crippen molar-refractivity contribution in [2.24, 2.45) is 11.8 Å². The number of nitrogens with two attached hydrogens (primary N) is 1. The van der Waals surface area contributed by atoms with Gasteiger partial charge in [0.1, 0.15) is 0 Å². The third-order valence-corrected chi connectivity index (χ3v) is 1.41. The second-order valence-corrected chi connectivity index (χ2v) is 2.21. The second-order valence-electron chi connectivity index (χ2n) is 2.21. The number of hydrogen-bond acceptors (Lipinski definition) is 3. The van der Waals surface area contributed by atoms with E-state index in [2.05, 4.69) is 0 Å². The van der Waals surface area contributed by atoms with Gasteiger partial charge in [0.05, 0.1) is 0 Å². The Morgan fingerprint density at radius 1 is 1.67 bits per heavy atom. The molecule has 0 saturated carbocycles. The summed E-state index contributed by atoms with van der Waals surface area (Å²) in [6, 6.07) is 0. The Kier molecular flexibility index (Phi) is 1.25. The molecule has 1 fully saturated rings. The quantitative estimate of drug-likeness (QED) is 0.265. The average molecular weight is 128 g/mol. The number of carbonyl (C=O) groups is 2. The van der Waals surface area contributed by atoms with E-state index in [1.165, 1.54) is 0 Å². The summed E-state index contributed by atoms with van der Waals surface area (Å²) in [6.07, 6.45) is 0.259. The summed E-state index contributed by atoms with van der Waals surface area (Å²) < 4.78 is 0. The monoisotopic (exact) mass is 128 g/mol. The van der Waals surface area contributed by atoms with Crippen molar-refractivity contribution in [3.63, 3.8) is 0 Å². The molecule has 1 unspecified atom stereocenters. The van der Waals surface area contributed by atoms with Crippen molar-refractivity contribution in [3.8, 4) is 0 Å². The van der Waals surface area contributed by atoms with Gasteiger partial charge >= 0.3 is 0 Å². The zero-order chi connectivity index (χ0) is 7.02. The minimum absolute atomic E-state index is 0.220. The van der Waals surface area contributed by atoms with E-state index in [-0.39, 0.29) is 24.2 Å². The topological polar surface area (TPSA) is 63.4 Å². The second kappa shape index (κ2) is 1.80. The number of hydrogen-bond donors (Lipinski definition) is 1. The first-order valence-electron chi connectivity index (χ1n) is 2.74. The van der Waals surface area contributed by atoms with Crippen LogP contribution in [0, 0.1) is 5.92 Å². The number of imide groups is 1. The zero-order valence-corrected chi connectivity index (χ0v) is 5.13. The molecule has 1 saturated heterocycles. The summed E-state index contributed by atoms with van der Waals surface area (Å²) in [7, 11) is 0. The van der Waals surface area contributed by atoms with Gasteiger partial charge in [-0.3, -0.25) is 9.59 Å². The van der Waals surface area contributed by atoms with E-state index in [9.17, 15) is 9.59 Å². The molecule has 0 radical (unpaired) electrons. The van der Waals surface area contributed by atoms with Crippen LogP contribution in [0.25, 0.3) is 0 Å². The molecule has 2 amide bonds. The van der Waals surface area contributed by atoms with Gasteiger partial charge in [0.2, 0.25) is 11.8 Å². The molecule has 50 valence electrons. The molecule has 2 N–H and O–H groups in total. The van der Waals surface area contributed by atoms with Gasteiger partial charge in [-0.2, -0.15) is 0 Å². The third-order valence-electron chi connectivity index (χ3n) is 1.41. The van der Waals surface area contributed by atoms with Crippen LogP contribution in [0.3, 0.4) is 0 Å². The Hall–Kier alpha value is -0.900. The van der Waals surface area contributed by atoms with E-state index in [0.717, 1.165) is 0 Å². The lowest BCUT2D eigenvalue weighted by Gasteiger charge is -2.02. The molecular formula is C5H8N2O2. The number of nitrogens with zero attached hydrogens (tertiary/aromatic N) is 1. The highest BCUT2D eigenvalue weighted by atomic mass is 16.2. The first-order chi connectivity index (χ1) is 4.13. The molecular weight excluding hydrogens is 120 g/mol. The summed E-state index contributed by atoms with van der Waals surface area (Å²) >= 11 is 0. The van der Waals surface area contributed by atoms with Gasteiger partial charge in [0.15, 0.2) is 0 Å². The fraction of sp³-hybridized carbons (Fsp3) is 0.600. The van der Waals surface area contributed by atoms with Crippen LogP contribution in [0.15, 0.2) is 0 Å². The minimum Gasteiger partial charge on any atom is -0.273 e. The van der Waals surface area contributed by atoms with Gasteiger partial charge in [-0.05, 0) is 0 Å². The Morgan fingerprint density at radius 2 is 2.22 bits per heavy atom. The Bertz CT molecular complexity index is 166. The maximum atomic E-state index is 10.7. The summed E-state index contributed by atoms with van der Waals surface area (Å²) in [6.45, 7) is 1.69. The van der Waals surface area contributed by atoms with E-state index >= 15 is 0 Å². The summed E-state index contributed by atoms with van der Waals surface area (Å²) in [5, 5.41) is 0.685. The van der Waals surface area contributed by atoms with E-state index in [1.54, 1.807) is 6.92 Å². The zero-order valence-electron chi connectivity index (χ0n) is 5.13. The van der Waals surface area contributed by atoms with Crippen LogP contribution in [0.1, 0.15) is 13.3 Å². The maximum absolute atomic E-state index is 10.7. The Balaban J connectivity index is 2.77. The first kappa shape index (κ1) is 6.22. The average Bonchev–Trinajstić information content (AvgIpc) is 1.98. The van der Waals surface area contributed by atoms with Gasteiger partial charge in [0, 0.05) is 12.3 Å². The maximum Gasteiger partial charge on any atom is 0.246 e. The van der Waals surface area contributed by atoms with Crippen molar-refractivity contribution >= 4 is 11.8 Å². The molecule has 1 atom stereocenters. The largest absolute Gasteiger partial charge is 0.273 e. The lowest BCUT2D eigenvalue weighted by atomic mass is 10.1. The minimum atomic E-state index is -0.285. The molecule has 0 bridgehead atoms.